The molecule has 2 aliphatic rings. The van der Waals surface area contributed by atoms with Crippen LogP contribution in [0.4, 0.5) is 13.2 Å². The van der Waals surface area contributed by atoms with Gasteiger partial charge in [-0.3, -0.25) is 24.0 Å². The summed E-state index contributed by atoms with van der Waals surface area (Å²) in [4.78, 5) is 83.3. The smallest absolute Gasteiger partial charge is 0.301 e. The van der Waals surface area contributed by atoms with Gasteiger partial charge >= 0.3 is 6.08 Å². The number of carbonyl (C=O) groups excluding carboxylic acids is 5. The van der Waals surface area contributed by atoms with Gasteiger partial charge in [-0.15, -0.1) is 0 Å². The Morgan fingerprint density at radius 2 is 1.50 bits per heavy atom. The predicted molar refractivity (Wildman–Crippen MR) is 269 cm³/mol. The fraction of sp³-hybridized carbons (Fsp3) is 0.472. The van der Waals surface area contributed by atoms with E-state index in [1.54, 1.807) is 67.8 Å². The van der Waals surface area contributed by atoms with Gasteiger partial charge in [0.15, 0.2) is 11.6 Å². The third-order valence-corrected chi connectivity index (χ3v) is 14.2. The number of imidazole rings is 1. The molecule has 2 fully saturated rings. The maximum Gasteiger partial charge on any atom is 0.301 e. The summed E-state index contributed by atoms with van der Waals surface area (Å²) in [5, 5.41) is 3.87. The van der Waals surface area contributed by atoms with Crippen LogP contribution in [0, 0.1) is 11.8 Å². The van der Waals surface area contributed by atoms with Gasteiger partial charge in [-0.05, 0) is 94.4 Å². The molecule has 3 aromatic carbocycles. The second-order valence-electron chi connectivity index (χ2n) is 19.1. The van der Waals surface area contributed by atoms with Crippen LogP contribution in [0.5, 0.6) is 11.5 Å². The molecule has 1 aliphatic heterocycles. The van der Waals surface area contributed by atoms with Crippen molar-refractivity contribution in [2.75, 3.05) is 41.9 Å². The molecule has 1 saturated heterocycles. The molecule has 2 unspecified atom stereocenters. The molecule has 1 aliphatic carbocycles. The number of carbonyl (C=O) groups is 5. The molecule has 0 bridgehead atoms. The molecular formula is C53H64Cl2F3N7O7. The lowest BCUT2D eigenvalue weighted by Crippen LogP contribution is -2.56. The molecular weight excluding hydrogens is 975 g/mol. The van der Waals surface area contributed by atoms with Crippen molar-refractivity contribution in [1.29, 1.82) is 0 Å². The second-order valence-corrected chi connectivity index (χ2v) is 20.0. The number of benzene rings is 3. The van der Waals surface area contributed by atoms with Crippen molar-refractivity contribution in [1.82, 2.24) is 34.5 Å². The molecule has 4 aromatic rings. The zero-order valence-electron chi connectivity index (χ0n) is 41.8. The minimum Gasteiger partial charge on any atom is -0.457 e. The van der Waals surface area contributed by atoms with Gasteiger partial charge in [0.05, 0.1) is 55.5 Å². The Hall–Kier alpha value is -5.75. The number of likely N-dealkylation sites (N-methyl/N-ethyl adjacent to an activating group) is 2. The number of nitrogens with zero attached hydrogens (tertiary/aromatic N) is 6. The highest BCUT2D eigenvalue weighted by molar-refractivity contribution is 6.31. The van der Waals surface area contributed by atoms with E-state index in [4.69, 9.17) is 32.7 Å². The van der Waals surface area contributed by atoms with E-state index in [2.05, 4.69) is 10.3 Å². The number of ketones is 1. The van der Waals surface area contributed by atoms with Gasteiger partial charge in [-0.25, -0.2) is 9.37 Å². The number of ether oxygens (including phenoxy) is 2. The summed E-state index contributed by atoms with van der Waals surface area (Å²) >= 11 is 12.7. The minimum atomic E-state index is -2.63. The van der Waals surface area contributed by atoms with Gasteiger partial charge in [-0.1, -0.05) is 54.2 Å². The van der Waals surface area contributed by atoms with Gasteiger partial charge in [0.2, 0.25) is 23.6 Å². The highest BCUT2D eigenvalue weighted by Crippen LogP contribution is 2.34. The van der Waals surface area contributed by atoms with E-state index in [0.717, 1.165) is 22.6 Å². The molecule has 0 spiro atoms. The van der Waals surface area contributed by atoms with Crippen LogP contribution in [0.15, 0.2) is 84.8 Å². The van der Waals surface area contributed by atoms with Gasteiger partial charge < -0.3 is 39.0 Å². The van der Waals surface area contributed by atoms with Crippen LogP contribution >= 0.6 is 23.2 Å². The van der Waals surface area contributed by atoms with Crippen molar-refractivity contribution in [3.05, 3.63) is 112 Å². The molecule has 6 atom stereocenters. The lowest BCUT2D eigenvalue weighted by molar-refractivity contribution is -0.147. The second kappa shape index (κ2) is 25.3. The Morgan fingerprint density at radius 1 is 0.833 bits per heavy atom. The van der Waals surface area contributed by atoms with E-state index in [9.17, 15) is 32.8 Å². The van der Waals surface area contributed by atoms with E-state index < -0.39 is 96.6 Å². The van der Waals surface area contributed by atoms with Crippen LogP contribution in [-0.2, 0) is 55.3 Å². The lowest BCUT2D eigenvalue weighted by atomic mass is 9.87. The molecule has 6 rings (SSSR count). The van der Waals surface area contributed by atoms with Crippen LogP contribution in [-0.4, -0.2) is 125 Å². The maximum absolute atomic E-state index is 15.1. The van der Waals surface area contributed by atoms with Crippen LogP contribution in [0.1, 0.15) is 75.2 Å². The fourth-order valence-corrected chi connectivity index (χ4v) is 9.89. The average Bonchev–Trinajstić information content (AvgIpc) is 3.70. The molecule has 72 heavy (non-hydrogen) atoms. The standard InChI is InChI=1S/C53H64Cl2F3N7O7/c1-32-46(66)24-37(31-71-7)53(70)62(4)40(22-33-12-17-38(54)18-13-33)27-49(67)60-43-10-8-9-11-44(43)64(6)52(69)36(23-42(56)51(57)58)25-50(68)65(32)29-35-14-19-39(55)26-47(35)72-41-20-15-34(16-21-41)45-28-59-48(63(45)5)30-61(2)3/h12-21,26,28,32,36-37,40,43-44H,8-11,22-25,27,29-31H2,1-7H3,(H,60,67)/t32-,36+,37-,40?,43?,44-/m0/s1. The number of amides is 4. The first-order chi connectivity index (χ1) is 34.2. The third kappa shape index (κ3) is 14.3. The number of hydrogen-bond donors (Lipinski definition) is 1. The summed E-state index contributed by atoms with van der Waals surface area (Å²) < 4.78 is 56.7. The van der Waals surface area contributed by atoms with E-state index in [1.807, 2.05) is 42.7 Å². The number of Topliss-reactive ketones (excluding diaryl/α,β-unsaturated/α-hetero) is 1. The Morgan fingerprint density at radius 3 is 2.17 bits per heavy atom. The fourth-order valence-electron chi connectivity index (χ4n) is 9.60. The van der Waals surface area contributed by atoms with Crippen LogP contribution in [0.2, 0.25) is 10.0 Å². The monoisotopic (exact) mass is 1040 g/mol. The predicted octanol–water partition coefficient (Wildman–Crippen LogP) is 9.02. The normalized spacial score (nSPS) is 22.1. The summed E-state index contributed by atoms with van der Waals surface area (Å²) in [7, 11) is 10.3. The Balaban J connectivity index is 1.39. The lowest BCUT2D eigenvalue weighted by Gasteiger charge is -2.40. The Kier molecular flexibility index (Phi) is 19.5. The molecule has 2 heterocycles. The molecule has 1 N–H and O–H groups in total. The average molecular weight is 1040 g/mol. The zero-order chi connectivity index (χ0) is 52.4. The molecule has 1 aromatic heterocycles. The SMILES string of the molecule is COC[C@@H]1CC(=O)[C@H](C)N(Cc2ccc(Cl)cc2Oc2ccc(-c3cnc(CN(C)C)n3C)cc2)C(=O)C[C@@H](CC(F)=C(F)F)C(=O)N(C)[C@H]2CCCCC2NC(=O)CC(Cc2ccc(Cl)cc2)N(C)C1=O. The molecule has 0 radical (unpaired) electrons. The highest BCUT2D eigenvalue weighted by atomic mass is 35.5. The van der Waals surface area contributed by atoms with Gasteiger partial charge in [0, 0.05) is 87.2 Å². The van der Waals surface area contributed by atoms with Crippen molar-refractivity contribution in [3.8, 4) is 22.8 Å². The first kappa shape index (κ1) is 55.6. The third-order valence-electron chi connectivity index (χ3n) is 13.7. The first-order valence-corrected chi connectivity index (χ1v) is 24.8. The summed E-state index contributed by atoms with van der Waals surface area (Å²) in [6, 6.07) is 15.8. The van der Waals surface area contributed by atoms with E-state index in [-0.39, 0.29) is 31.7 Å². The number of aromatic nitrogens is 2. The number of allylic oxidation sites excluding steroid dienone is 1. The highest BCUT2D eigenvalue weighted by Gasteiger charge is 2.40. The van der Waals surface area contributed by atoms with Crippen LogP contribution in [0.3, 0.4) is 0 Å². The van der Waals surface area contributed by atoms with Gasteiger partial charge in [0.25, 0.3) is 0 Å². The molecule has 14 nitrogen and oxygen atoms in total. The van der Waals surface area contributed by atoms with Crippen LogP contribution < -0.4 is 10.1 Å². The van der Waals surface area contributed by atoms with Crippen molar-refractivity contribution >= 4 is 52.6 Å². The van der Waals surface area contributed by atoms with Crippen molar-refractivity contribution in [3.63, 3.8) is 0 Å². The van der Waals surface area contributed by atoms with Crippen molar-refractivity contribution < 1.29 is 46.6 Å². The number of halogens is 5. The topological polar surface area (TPSA) is 147 Å². The van der Waals surface area contributed by atoms with Gasteiger partial charge in [-0.2, -0.15) is 8.78 Å². The van der Waals surface area contributed by atoms with Crippen molar-refractivity contribution in [2.24, 2.45) is 18.9 Å². The van der Waals surface area contributed by atoms with E-state index >= 15 is 4.39 Å². The molecule has 19 heteroatoms. The number of methoxy groups -OCH3 is 1. The number of nitrogens with one attached hydrogen (secondary N) is 1. The van der Waals surface area contributed by atoms with E-state index in [0.29, 0.717) is 53.6 Å². The summed E-state index contributed by atoms with van der Waals surface area (Å²) in [6.07, 6.45) is -0.720. The summed E-state index contributed by atoms with van der Waals surface area (Å²) in [5.41, 5.74) is 2.94. The zero-order valence-corrected chi connectivity index (χ0v) is 43.3. The number of rotatable bonds is 13. The van der Waals surface area contributed by atoms with Crippen molar-refractivity contribution in [2.45, 2.75) is 102 Å². The van der Waals surface area contributed by atoms with Gasteiger partial charge in [0.1, 0.15) is 17.3 Å². The summed E-state index contributed by atoms with van der Waals surface area (Å²) in [5.74, 6) is -6.09. The quantitative estimate of drug-likeness (QED) is 0.139. The maximum atomic E-state index is 15.1. The number of hydrogen-bond acceptors (Lipinski definition) is 9. The van der Waals surface area contributed by atoms with E-state index in [1.165, 1.54) is 35.8 Å². The minimum absolute atomic E-state index is 0.148. The summed E-state index contributed by atoms with van der Waals surface area (Å²) in [6.45, 7) is 1.62. The molecule has 4 amide bonds. The number of fused-ring (bicyclic) bond motifs is 1. The Bertz CT molecular complexity index is 2590. The molecule has 1 saturated carbocycles. The Labute approximate surface area is 429 Å². The molecule has 388 valence electrons. The van der Waals surface area contributed by atoms with Crippen LogP contribution in [0.25, 0.3) is 11.3 Å². The first-order valence-electron chi connectivity index (χ1n) is 24.0. The largest absolute Gasteiger partial charge is 0.457 e.